The lowest BCUT2D eigenvalue weighted by atomic mass is 10.1. The van der Waals surface area contributed by atoms with Crippen molar-refractivity contribution in [3.8, 4) is 28.6 Å². The second-order valence-electron chi connectivity index (χ2n) is 10.5. The molecule has 0 radical (unpaired) electrons. The van der Waals surface area contributed by atoms with Crippen LogP contribution in [0, 0.1) is 17.1 Å². The summed E-state index contributed by atoms with van der Waals surface area (Å²) < 4.78 is 40.1. The zero-order chi connectivity index (χ0) is 32.1. The Morgan fingerprint density at radius 1 is 1.07 bits per heavy atom. The monoisotopic (exact) mass is 646 g/mol. The summed E-state index contributed by atoms with van der Waals surface area (Å²) >= 11 is 1.27. The highest BCUT2D eigenvalue weighted by atomic mass is 32.2. The molecule has 1 aromatic carbocycles. The van der Waals surface area contributed by atoms with E-state index in [4.69, 9.17) is 9.97 Å². The molecule has 1 saturated heterocycles. The topological polar surface area (TPSA) is 128 Å². The third-order valence-corrected chi connectivity index (χ3v) is 10.4. The number of aromatic nitrogens is 4. The molecular weight excluding hydrogens is 612 g/mol. The number of thiazole rings is 1. The van der Waals surface area contributed by atoms with Crippen LogP contribution >= 0.6 is 11.3 Å². The third kappa shape index (κ3) is 6.67. The molecule has 0 aliphatic carbocycles. The molecule has 0 bridgehead atoms. The van der Waals surface area contributed by atoms with E-state index in [-0.39, 0.29) is 17.5 Å². The van der Waals surface area contributed by atoms with Crippen LogP contribution in [0.25, 0.3) is 33.9 Å². The summed E-state index contributed by atoms with van der Waals surface area (Å²) in [7, 11) is -3.43. The van der Waals surface area contributed by atoms with Crippen LogP contribution in [0.4, 0.5) is 15.5 Å². The number of pyridine rings is 1. The fraction of sp³-hybridized carbons (Fsp3) is 0.344. The molecule has 4 aromatic rings. The van der Waals surface area contributed by atoms with E-state index in [1.54, 1.807) is 24.5 Å². The molecule has 3 aromatic heterocycles. The van der Waals surface area contributed by atoms with Gasteiger partial charge in [0.15, 0.2) is 5.13 Å². The number of nitrogens with one attached hydrogen (secondary N) is 1. The van der Waals surface area contributed by atoms with Crippen molar-refractivity contribution in [2.45, 2.75) is 47.0 Å². The van der Waals surface area contributed by atoms with E-state index in [1.807, 2.05) is 30.9 Å². The molecule has 0 spiro atoms. The highest BCUT2D eigenvalue weighted by Crippen LogP contribution is 2.34. The number of halogens is 1. The zero-order valence-corrected chi connectivity index (χ0v) is 27.3. The lowest BCUT2D eigenvalue weighted by molar-refractivity contribution is 0.572. The van der Waals surface area contributed by atoms with Crippen LogP contribution in [-0.4, -0.2) is 53.7 Å². The molecule has 45 heavy (non-hydrogen) atoms. The van der Waals surface area contributed by atoms with Gasteiger partial charge in [-0.05, 0) is 70.4 Å². The maximum Gasteiger partial charge on any atom is 0.239 e. The molecule has 5 rings (SSSR count). The number of rotatable bonds is 9. The van der Waals surface area contributed by atoms with Crippen molar-refractivity contribution in [3.63, 3.8) is 0 Å². The number of anilines is 2. The Balaban J connectivity index is 1.65. The third-order valence-electron chi connectivity index (χ3n) is 7.61. The van der Waals surface area contributed by atoms with Crippen LogP contribution in [0.3, 0.4) is 0 Å². The van der Waals surface area contributed by atoms with Crippen LogP contribution in [-0.2, 0) is 10.0 Å². The molecule has 0 atom stereocenters. The zero-order valence-electron chi connectivity index (χ0n) is 25.7. The minimum Gasteiger partial charge on any atom is -0.370 e. The average Bonchev–Trinajstić information content (AvgIpc) is 3.48. The largest absolute Gasteiger partial charge is 0.370 e. The average molecular weight is 647 g/mol. The molecular formula is C32H35FN8O2S2. The molecule has 1 N–H and O–H groups in total. The summed E-state index contributed by atoms with van der Waals surface area (Å²) in [5.41, 5.74) is 3.57. The molecule has 0 saturated carbocycles. The van der Waals surface area contributed by atoms with E-state index < -0.39 is 10.0 Å². The molecule has 234 valence electrons. The first-order valence-electron chi connectivity index (χ1n) is 14.9. The lowest BCUT2D eigenvalue weighted by Crippen LogP contribution is -2.43. The summed E-state index contributed by atoms with van der Waals surface area (Å²) in [5.74, 6) is 0.625. The number of sulfonamides is 1. The molecule has 0 unspecified atom stereocenters. The molecule has 10 nitrogen and oxygen atoms in total. The Bertz CT molecular complexity index is 1950. The number of hydrogen-bond donors (Lipinski definition) is 1. The van der Waals surface area contributed by atoms with E-state index in [0.717, 1.165) is 29.5 Å². The van der Waals surface area contributed by atoms with E-state index >= 15 is 0 Å². The number of nitriles is 1. The molecule has 13 heteroatoms. The summed E-state index contributed by atoms with van der Waals surface area (Å²) in [6, 6.07) is 12.2. The highest BCUT2D eigenvalue weighted by molar-refractivity contribution is 7.92. The van der Waals surface area contributed by atoms with E-state index in [1.165, 1.54) is 27.8 Å². The van der Waals surface area contributed by atoms with Gasteiger partial charge in [0.05, 0.1) is 11.4 Å². The van der Waals surface area contributed by atoms with Crippen LogP contribution in [0.5, 0.6) is 0 Å². The summed E-state index contributed by atoms with van der Waals surface area (Å²) in [5, 5.41) is 15.7. The van der Waals surface area contributed by atoms with E-state index in [9.17, 15) is 18.1 Å². The predicted octanol–water partition coefficient (Wildman–Crippen LogP) is 4.39. The second kappa shape index (κ2) is 13.7. The van der Waals surface area contributed by atoms with Gasteiger partial charge in [0.25, 0.3) is 0 Å². The number of nitrogens with zero attached hydrogens (tertiary/aromatic N) is 7. The van der Waals surface area contributed by atoms with Gasteiger partial charge < -0.3 is 10.2 Å². The maximum atomic E-state index is 13.6. The van der Waals surface area contributed by atoms with Gasteiger partial charge in [0.1, 0.15) is 33.6 Å². The summed E-state index contributed by atoms with van der Waals surface area (Å²) in [4.78, 5) is 21.2. The van der Waals surface area contributed by atoms with Crippen molar-refractivity contribution in [1.29, 1.82) is 5.26 Å². The quantitative estimate of drug-likeness (QED) is 0.282. The van der Waals surface area contributed by atoms with Gasteiger partial charge in [-0.3, -0.25) is 0 Å². The van der Waals surface area contributed by atoms with E-state index in [2.05, 4.69) is 35.2 Å². The Morgan fingerprint density at radius 3 is 2.42 bits per heavy atom. The Hall–Kier alpha value is -4.41. The van der Waals surface area contributed by atoms with Gasteiger partial charge in [-0.15, -0.1) is 0 Å². The van der Waals surface area contributed by atoms with Crippen LogP contribution in [0.15, 0.2) is 48.8 Å². The van der Waals surface area contributed by atoms with Crippen molar-refractivity contribution < 1.29 is 12.8 Å². The first kappa shape index (κ1) is 32.0. The van der Waals surface area contributed by atoms with Gasteiger partial charge in [-0.1, -0.05) is 29.9 Å². The van der Waals surface area contributed by atoms with Crippen LogP contribution < -0.4 is 25.1 Å². The normalized spacial score (nSPS) is 15.7. The van der Waals surface area contributed by atoms with Crippen LogP contribution in [0.2, 0.25) is 0 Å². The molecule has 1 aliphatic rings. The Morgan fingerprint density at radius 2 is 1.80 bits per heavy atom. The Labute approximate surface area is 266 Å². The van der Waals surface area contributed by atoms with Crippen molar-refractivity contribution in [3.05, 3.63) is 70.1 Å². The smallest absolute Gasteiger partial charge is 0.239 e. The number of hydrogen-bond acceptors (Lipinski definition) is 10. The highest BCUT2D eigenvalue weighted by Gasteiger charge is 2.28. The fourth-order valence-corrected chi connectivity index (χ4v) is 7.59. The minimum atomic E-state index is -3.43. The summed E-state index contributed by atoms with van der Waals surface area (Å²) in [6.07, 6.45) is 5.42. The number of benzene rings is 1. The standard InChI is InChI=1S/C32H35FN8O2S2/c1-5-21(4)25-14-15-26(23-19-36-31(37-20-23)41-16-8-9-17-45(41,42)43)38-29(25)30(35-6-2)40(7-3)32-39-28(27(18-34)44-32)22-10-12-24(33)13-11-22/h10-15,19-20,35H,5-9,16-17H2,1-4H3/b25-21+,30-29-. The van der Waals surface area contributed by atoms with Gasteiger partial charge in [-0.2, -0.15) is 5.26 Å². The van der Waals surface area contributed by atoms with Gasteiger partial charge >= 0.3 is 0 Å². The first-order chi connectivity index (χ1) is 21.7. The second-order valence-corrected chi connectivity index (χ2v) is 13.5. The van der Waals surface area contributed by atoms with Crippen molar-refractivity contribution >= 4 is 43.8 Å². The molecule has 4 heterocycles. The van der Waals surface area contributed by atoms with Gasteiger partial charge in [0.2, 0.25) is 16.0 Å². The van der Waals surface area contributed by atoms with Gasteiger partial charge in [0, 0.05) is 48.4 Å². The van der Waals surface area contributed by atoms with Crippen molar-refractivity contribution in [2.24, 2.45) is 0 Å². The van der Waals surface area contributed by atoms with Crippen molar-refractivity contribution in [1.82, 2.24) is 25.3 Å². The van der Waals surface area contributed by atoms with E-state index in [0.29, 0.717) is 63.9 Å². The van der Waals surface area contributed by atoms with Crippen LogP contribution in [0.1, 0.15) is 51.8 Å². The SMILES string of the molecule is CCN/C(=c1/nc(-c2cnc(N3CCCCS3(=O)=O)nc2)cc/c1=C(/C)CC)N(CC)c1nc(-c2ccc(F)cc2)c(C#N)s1. The predicted molar refractivity (Wildman–Crippen MR) is 177 cm³/mol. The molecule has 1 fully saturated rings. The van der Waals surface area contributed by atoms with Crippen molar-refractivity contribution in [2.75, 3.05) is 34.6 Å². The minimum absolute atomic E-state index is 0.0923. The molecule has 1 aliphatic heterocycles. The van der Waals surface area contributed by atoms with Gasteiger partial charge in [-0.25, -0.2) is 37.0 Å². The summed E-state index contributed by atoms with van der Waals surface area (Å²) in [6.45, 7) is 9.67. The maximum absolute atomic E-state index is 13.6. The molecule has 0 amide bonds. The first-order valence-corrected chi connectivity index (χ1v) is 17.4. The lowest BCUT2D eigenvalue weighted by Gasteiger charge is -2.26. The Kier molecular flexibility index (Phi) is 9.74. The fourth-order valence-electron chi connectivity index (χ4n) is 5.10.